The molecule has 70 valence electrons. The molecule has 1 aromatic carbocycles. The van der Waals surface area contributed by atoms with Crippen LogP contribution in [0.2, 0.25) is 0 Å². The van der Waals surface area contributed by atoms with Crippen LogP contribution in [0.15, 0.2) is 29.3 Å². The predicted octanol–water partition coefficient (Wildman–Crippen LogP) is -1.73. The summed E-state index contributed by atoms with van der Waals surface area (Å²) in [4.78, 5) is 0. The number of rotatable bonds is 1. The standard InChI is InChI=1S/C8H8N2O2S.Li.H/c1-10-8(13(11)12)6-4-2-3-5-7(6)9-10;;/h2-5H,1H3,(H,11,12);;/q;+1;-1. The molecule has 1 unspecified atom stereocenters. The first kappa shape index (κ1) is 11.5. The SMILES string of the molecule is Cn1nc2ccccc2c1S(=O)O.[H-].[Li+]. The van der Waals surface area contributed by atoms with E-state index in [1.165, 1.54) is 4.68 Å². The average Bonchev–Trinajstić information content (AvgIpc) is 2.39. The minimum atomic E-state index is -1.98. The molecule has 0 fully saturated rings. The van der Waals surface area contributed by atoms with Crippen molar-refractivity contribution in [2.45, 2.75) is 5.03 Å². The molecule has 0 saturated heterocycles. The zero-order valence-electron chi connectivity index (χ0n) is 8.97. The fourth-order valence-electron chi connectivity index (χ4n) is 1.33. The fourth-order valence-corrected chi connectivity index (χ4v) is 1.96. The molecule has 0 amide bonds. The summed E-state index contributed by atoms with van der Waals surface area (Å²) in [6.07, 6.45) is 0. The number of nitrogens with zero attached hydrogens (tertiary/aromatic N) is 2. The Morgan fingerprint density at radius 1 is 1.50 bits per heavy atom. The fraction of sp³-hybridized carbons (Fsp3) is 0.125. The molecule has 14 heavy (non-hydrogen) atoms. The van der Waals surface area contributed by atoms with Crippen LogP contribution >= 0.6 is 0 Å². The summed E-state index contributed by atoms with van der Waals surface area (Å²) < 4.78 is 21.4. The Morgan fingerprint density at radius 2 is 2.14 bits per heavy atom. The molecule has 0 spiro atoms. The van der Waals surface area contributed by atoms with Gasteiger partial charge in [-0.1, -0.05) is 12.1 Å². The van der Waals surface area contributed by atoms with Crippen molar-refractivity contribution in [1.82, 2.24) is 9.78 Å². The Morgan fingerprint density at radius 3 is 2.79 bits per heavy atom. The molecule has 0 aliphatic rings. The van der Waals surface area contributed by atoms with Crippen molar-refractivity contribution >= 4 is 22.0 Å². The van der Waals surface area contributed by atoms with Crippen LogP contribution < -0.4 is 18.9 Å². The van der Waals surface area contributed by atoms with Crippen molar-refractivity contribution in [2.75, 3.05) is 0 Å². The van der Waals surface area contributed by atoms with Gasteiger partial charge in [-0.05, 0) is 12.1 Å². The van der Waals surface area contributed by atoms with E-state index in [-0.39, 0.29) is 20.3 Å². The van der Waals surface area contributed by atoms with Crippen LogP contribution in [-0.2, 0) is 18.1 Å². The maximum Gasteiger partial charge on any atom is 1.00 e. The molecule has 1 atom stereocenters. The molecule has 4 nitrogen and oxygen atoms in total. The van der Waals surface area contributed by atoms with Crippen molar-refractivity contribution < 1.29 is 29.0 Å². The van der Waals surface area contributed by atoms with Gasteiger partial charge in [-0.15, -0.1) is 0 Å². The first-order valence-electron chi connectivity index (χ1n) is 3.73. The van der Waals surface area contributed by atoms with E-state index in [0.29, 0.717) is 5.03 Å². The quantitative estimate of drug-likeness (QED) is 0.443. The molecular weight excluding hydrogens is 195 g/mol. The van der Waals surface area contributed by atoms with E-state index < -0.39 is 11.1 Å². The normalized spacial score (nSPS) is 12.4. The van der Waals surface area contributed by atoms with E-state index in [1.807, 2.05) is 18.2 Å². The molecule has 1 N–H and O–H groups in total. The van der Waals surface area contributed by atoms with Crippen molar-refractivity contribution in [1.29, 1.82) is 0 Å². The zero-order chi connectivity index (χ0) is 9.42. The topological polar surface area (TPSA) is 55.1 Å². The zero-order valence-corrected chi connectivity index (χ0v) is 8.78. The van der Waals surface area contributed by atoms with Crippen LogP contribution in [0.1, 0.15) is 1.43 Å². The van der Waals surface area contributed by atoms with Crippen LogP contribution in [0.25, 0.3) is 10.9 Å². The predicted molar refractivity (Wildman–Crippen MR) is 50.9 cm³/mol. The van der Waals surface area contributed by atoms with Gasteiger partial charge in [-0.25, -0.2) is 4.21 Å². The first-order chi connectivity index (χ1) is 6.20. The first-order valence-corrected chi connectivity index (χ1v) is 4.83. The van der Waals surface area contributed by atoms with Gasteiger partial charge in [0, 0.05) is 12.4 Å². The van der Waals surface area contributed by atoms with Gasteiger partial charge in [-0.3, -0.25) is 4.68 Å². The second-order valence-electron chi connectivity index (χ2n) is 2.70. The minimum absolute atomic E-state index is 0. The van der Waals surface area contributed by atoms with Gasteiger partial charge in [0.05, 0.1) is 5.52 Å². The number of fused-ring (bicyclic) bond motifs is 1. The van der Waals surface area contributed by atoms with E-state index >= 15 is 0 Å². The van der Waals surface area contributed by atoms with Crippen LogP contribution in [0.5, 0.6) is 0 Å². The third kappa shape index (κ3) is 1.77. The van der Waals surface area contributed by atoms with Crippen molar-refractivity contribution in [2.24, 2.45) is 7.05 Å². The number of aryl methyl sites for hydroxylation is 1. The second-order valence-corrected chi connectivity index (χ2v) is 3.58. The van der Waals surface area contributed by atoms with Gasteiger partial charge in [0.2, 0.25) is 11.1 Å². The summed E-state index contributed by atoms with van der Waals surface area (Å²) in [6.45, 7) is 0. The molecule has 2 aromatic rings. The summed E-state index contributed by atoms with van der Waals surface area (Å²) in [5.74, 6) is 0. The number of benzene rings is 1. The summed E-state index contributed by atoms with van der Waals surface area (Å²) in [6, 6.07) is 7.26. The molecule has 6 heteroatoms. The molecule has 1 aromatic heterocycles. The Balaban J connectivity index is 0.000000980. The van der Waals surface area contributed by atoms with E-state index in [2.05, 4.69) is 5.10 Å². The van der Waals surface area contributed by atoms with E-state index in [9.17, 15) is 4.21 Å². The molecule has 0 saturated carbocycles. The van der Waals surface area contributed by atoms with Gasteiger partial charge < -0.3 is 5.98 Å². The molecule has 1 heterocycles. The Kier molecular flexibility index (Phi) is 3.51. The maximum atomic E-state index is 10.9. The van der Waals surface area contributed by atoms with E-state index in [4.69, 9.17) is 4.55 Å². The van der Waals surface area contributed by atoms with Crippen LogP contribution in [0, 0.1) is 0 Å². The van der Waals surface area contributed by atoms with Gasteiger partial charge >= 0.3 is 18.9 Å². The van der Waals surface area contributed by atoms with Gasteiger partial charge in [0.1, 0.15) is 0 Å². The number of hydrogen-bond acceptors (Lipinski definition) is 2. The molecule has 0 bridgehead atoms. The molecule has 0 aliphatic heterocycles. The number of aromatic nitrogens is 2. The van der Waals surface area contributed by atoms with E-state index in [1.54, 1.807) is 13.1 Å². The summed E-state index contributed by atoms with van der Waals surface area (Å²) in [5.41, 5.74) is 0.738. The smallest absolute Gasteiger partial charge is 1.00 e. The third-order valence-electron chi connectivity index (χ3n) is 1.85. The summed E-state index contributed by atoms with van der Waals surface area (Å²) in [5, 5.41) is 5.17. The largest absolute Gasteiger partial charge is 1.00 e. The number of hydrogen-bond donors (Lipinski definition) is 1. The Labute approximate surface area is 97.2 Å². The van der Waals surface area contributed by atoms with Crippen molar-refractivity contribution in [3.05, 3.63) is 24.3 Å². The summed E-state index contributed by atoms with van der Waals surface area (Å²) >= 11 is -1.98. The van der Waals surface area contributed by atoms with Crippen LogP contribution in [0.4, 0.5) is 0 Å². The molecule has 0 aliphatic carbocycles. The van der Waals surface area contributed by atoms with Crippen LogP contribution in [-0.4, -0.2) is 18.5 Å². The average molecular weight is 204 g/mol. The van der Waals surface area contributed by atoms with Crippen LogP contribution in [0.3, 0.4) is 0 Å². The van der Waals surface area contributed by atoms with Gasteiger partial charge in [0.15, 0.2) is 5.03 Å². The molecular formula is C8H9LiN2O2S. The Hall–Kier alpha value is -0.603. The monoisotopic (exact) mass is 204 g/mol. The maximum absolute atomic E-state index is 10.9. The molecule has 2 rings (SSSR count). The molecule has 0 radical (unpaired) electrons. The van der Waals surface area contributed by atoms with E-state index in [0.717, 1.165) is 10.9 Å². The van der Waals surface area contributed by atoms with Crippen molar-refractivity contribution in [3.63, 3.8) is 0 Å². The van der Waals surface area contributed by atoms with Crippen molar-refractivity contribution in [3.8, 4) is 0 Å². The Bertz CT molecular complexity index is 488. The minimum Gasteiger partial charge on any atom is -1.00 e. The van der Waals surface area contributed by atoms with Gasteiger partial charge in [0.25, 0.3) is 0 Å². The second kappa shape index (κ2) is 4.28. The van der Waals surface area contributed by atoms with Gasteiger partial charge in [-0.2, -0.15) is 5.10 Å². The summed E-state index contributed by atoms with van der Waals surface area (Å²) in [7, 11) is 1.66. The third-order valence-corrected chi connectivity index (χ3v) is 2.67.